The summed E-state index contributed by atoms with van der Waals surface area (Å²) in [6.45, 7) is 3.96. The average molecular weight is 431 g/mol. The fraction of sp³-hybridized carbons (Fsp3) is 0.286. The van der Waals surface area contributed by atoms with E-state index in [1.807, 2.05) is 54.9 Å². The van der Waals surface area contributed by atoms with E-state index in [0.29, 0.717) is 21.8 Å². The standard InChI is InChI=1S/C21H23ClN4O2S/c1-4-15-8-5-6-11-18(15)23-19(27)13-29-21-25-24-20(26(21)3)14(2)28-17-10-7-9-16(22)12-17/h5-12,14H,4,13H2,1-3H3,(H,23,27). The lowest BCUT2D eigenvalue weighted by molar-refractivity contribution is -0.113. The summed E-state index contributed by atoms with van der Waals surface area (Å²) >= 11 is 7.34. The van der Waals surface area contributed by atoms with Crippen molar-refractivity contribution in [1.82, 2.24) is 14.8 Å². The molecule has 1 unspecified atom stereocenters. The van der Waals surface area contributed by atoms with E-state index in [1.54, 1.807) is 12.1 Å². The third-order valence-corrected chi connectivity index (χ3v) is 5.60. The molecular formula is C21H23ClN4O2S. The number of nitrogens with one attached hydrogen (secondary N) is 1. The summed E-state index contributed by atoms with van der Waals surface area (Å²) in [4.78, 5) is 12.4. The Morgan fingerprint density at radius 2 is 2.03 bits per heavy atom. The van der Waals surface area contributed by atoms with Crippen molar-refractivity contribution in [3.05, 3.63) is 64.9 Å². The highest BCUT2D eigenvalue weighted by molar-refractivity contribution is 7.99. The van der Waals surface area contributed by atoms with Crippen LogP contribution in [0.4, 0.5) is 5.69 Å². The summed E-state index contributed by atoms with van der Waals surface area (Å²) in [5, 5.41) is 12.7. The van der Waals surface area contributed by atoms with E-state index in [0.717, 1.165) is 17.7 Å². The molecule has 1 heterocycles. The van der Waals surface area contributed by atoms with Gasteiger partial charge >= 0.3 is 0 Å². The molecule has 0 aliphatic heterocycles. The van der Waals surface area contributed by atoms with Crippen molar-refractivity contribution in [2.45, 2.75) is 31.5 Å². The summed E-state index contributed by atoms with van der Waals surface area (Å²) < 4.78 is 7.75. The van der Waals surface area contributed by atoms with E-state index in [1.165, 1.54) is 11.8 Å². The second-order valence-corrected chi connectivity index (χ2v) is 7.84. The van der Waals surface area contributed by atoms with Gasteiger partial charge < -0.3 is 14.6 Å². The van der Waals surface area contributed by atoms with Gasteiger partial charge in [0.05, 0.1) is 5.75 Å². The monoisotopic (exact) mass is 430 g/mol. The van der Waals surface area contributed by atoms with Gasteiger partial charge in [-0.05, 0) is 43.2 Å². The highest BCUT2D eigenvalue weighted by Gasteiger charge is 2.18. The second-order valence-electron chi connectivity index (χ2n) is 6.46. The Hall–Kier alpha value is -2.51. The maximum Gasteiger partial charge on any atom is 0.234 e. The number of halogens is 1. The van der Waals surface area contributed by atoms with Crippen molar-refractivity contribution in [3.63, 3.8) is 0 Å². The molecule has 8 heteroatoms. The van der Waals surface area contributed by atoms with Gasteiger partial charge in [0.15, 0.2) is 17.1 Å². The first-order valence-corrected chi connectivity index (χ1v) is 10.7. The van der Waals surface area contributed by atoms with Crippen LogP contribution >= 0.6 is 23.4 Å². The van der Waals surface area contributed by atoms with Crippen molar-refractivity contribution in [3.8, 4) is 5.75 Å². The van der Waals surface area contributed by atoms with E-state index in [9.17, 15) is 4.79 Å². The van der Waals surface area contributed by atoms with Crippen LogP contribution in [0.2, 0.25) is 5.02 Å². The van der Waals surface area contributed by atoms with E-state index in [4.69, 9.17) is 16.3 Å². The number of anilines is 1. The number of carbonyl (C=O) groups is 1. The Bertz CT molecular complexity index is 992. The number of nitrogens with zero attached hydrogens (tertiary/aromatic N) is 3. The van der Waals surface area contributed by atoms with Gasteiger partial charge in [0.1, 0.15) is 5.75 Å². The number of aromatic nitrogens is 3. The highest BCUT2D eigenvalue weighted by Crippen LogP contribution is 2.25. The van der Waals surface area contributed by atoms with Gasteiger partial charge in [0.2, 0.25) is 5.91 Å². The van der Waals surface area contributed by atoms with Crippen molar-refractivity contribution in [2.24, 2.45) is 7.05 Å². The lowest BCUT2D eigenvalue weighted by atomic mass is 10.1. The SMILES string of the molecule is CCc1ccccc1NC(=O)CSc1nnc(C(C)Oc2cccc(Cl)c2)n1C. The molecule has 1 atom stereocenters. The molecule has 0 spiro atoms. The number of para-hydroxylation sites is 1. The van der Waals surface area contributed by atoms with Gasteiger partial charge in [0.25, 0.3) is 0 Å². The molecule has 0 fully saturated rings. The number of ether oxygens (including phenoxy) is 1. The third kappa shape index (κ3) is 5.52. The van der Waals surface area contributed by atoms with E-state index in [2.05, 4.69) is 22.4 Å². The van der Waals surface area contributed by atoms with Crippen LogP contribution in [0.1, 0.15) is 31.3 Å². The van der Waals surface area contributed by atoms with Crippen molar-refractivity contribution in [1.29, 1.82) is 0 Å². The molecule has 0 bridgehead atoms. The molecule has 3 rings (SSSR count). The molecule has 1 aromatic heterocycles. The van der Waals surface area contributed by atoms with Crippen LogP contribution in [0, 0.1) is 0 Å². The largest absolute Gasteiger partial charge is 0.483 e. The molecule has 3 aromatic rings. The fourth-order valence-electron chi connectivity index (χ4n) is 2.87. The Morgan fingerprint density at radius 1 is 1.24 bits per heavy atom. The van der Waals surface area contributed by atoms with Crippen LogP contribution in [0.3, 0.4) is 0 Å². The van der Waals surface area contributed by atoms with Crippen LogP contribution in [0.15, 0.2) is 53.7 Å². The van der Waals surface area contributed by atoms with Gasteiger partial charge in [0, 0.05) is 17.8 Å². The Balaban J connectivity index is 1.59. The molecule has 0 aliphatic rings. The fourth-order valence-corrected chi connectivity index (χ4v) is 3.77. The van der Waals surface area contributed by atoms with Gasteiger partial charge in [-0.3, -0.25) is 4.79 Å². The zero-order valence-electron chi connectivity index (χ0n) is 16.6. The molecule has 1 amide bonds. The number of amides is 1. The third-order valence-electron chi connectivity index (χ3n) is 4.35. The lowest BCUT2D eigenvalue weighted by Gasteiger charge is -2.14. The van der Waals surface area contributed by atoms with E-state index < -0.39 is 0 Å². The molecule has 0 radical (unpaired) electrons. The average Bonchev–Trinajstić information content (AvgIpc) is 3.07. The quantitative estimate of drug-likeness (QED) is 0.514. The summed E-state index contributed by atoms with van der Waals surface area (Å²) in [7, 11) is 1.86. The Labute approximate surface area is 179 Å². The number of benzene rings is 2. The van der Waals surface area contributed by atoms with Crippen LogP contribution in [0.25, 0.3) is 0 Å². The maximum absolute atomic E-state index is 12.4. The molecule has 6 nitrogen and oxygen atoms in total. The van der Waals surface area contributed by atoms with Crippen LogP contribution in [0.5, 0.6) is 5.75 Å². The van der Waals surface area contributed by atoms with Crippen molar-refractivity contribution >= 4 is 35.0 Å². The van der Waals surface area contributed by atoms with Crippen LogP contribution in [-0.4, -0.2) is 26.4 Å². The number of hydrogen-bond donors (Lipinski definition) is 1. The first-order valence-electron chi connectivity index (χ1n) is 9.30. The summed E-state index contributed by atoms with van der Waals surface area (Å²) in [5.41, 5.74) is 1.96. The predicted molar refractivity (Wildman–Crippen MR) is 117 cm³/mol. The maximum atomic E-state index is 12.4. The van der Waals surface area contributed by atoms with Crippen LogP contribution in [-0.2, 0) is 18.3 Å². The number of rotatable bonds is 8. The minimum absolute atomic E-state index is 0.0799. The normalized spacial score (nSPS) is 11.9. The Morgan fingerprint density at radius 3 is 2.79 bits per heavy atom. The number of carbonyl (C=O) groups excluding carboxylic acids is 1. The van der Waals surface area contributed by atoms with Crippen molar-refractivity contribution < 1.29 is 9.53 Å². The summed E-state index contributed by atoms with van der Waals surface area (Å²) in [6.07, 6.45) is 0.548. The molecule has 0 saturated heterocycles. The molecular weight excluding hydrogens is 408 g/mol. The smallest absolute Gasteiger partial charge is 0.234 e. The first-order chi connectivity index (χ1) is 14.0. The molecule has 0 aliphatic carbocycles. The molecule has 29 heavy (non-hydrogen) atoms. The zero-order valence-corrected chi connectivity index (χ0v) is 18.1. The van der Waals surface area contributed by atoms with Gasteiger partial charge in [-0.15, -0.1) is 10.2 Å². The van der Waals surface area contributed by atoms with E-state index in [-0.39, 0.29) is 17.8 Å². The zero-order chi connectivity index (χ0) is 20.8. The molecule has 152 valence electrons. The second kappa shape index (κ2) is 9.80. The van der Waals surface area contributed by atoms with Crippen molar-refractivity contribution in [2.75, 3.05) is 11.1 Å². The predicted octanol–water partition coefficient (Wildman–Crippen LogP) is 4.90. The highest BCUT2D eigenvalue weighted by atomic mass is 35.5. The van der Waals surface area contributed by atoms with Gasteiger partial charge in [-0.25, -0.2) is 0 Å². The van der Waals surface area contributed by atoms with Gasteiger partial charge in [-0.2, -0.15) is 0 Å². The molecule has 1 N–H and O–H groups in total. The minimum atomic E-state index is -0.314. The lowest BCUT2D eigenvalue weighted by Crippen LogP contribution is -2.16. The Kier molecular flexibility index (Phi) is 7.17. The van der Waals surface area contributed by atoms with E-state index >= 15 is 0 Å². The topological polar surface area (TPSA) is 69.0 Å². The summed E-state index contributed by atoms with van der Waals surface area (Å²) in [5.74, 6) is 1.50. The first kappa shape index (κ1) is 21.2. The number of thioether (sulfide) groups is 1. The minimum Gasteiger partial charge on any atom is -0.483 e. The number of aryl methyl sites for hydroxylation is 1. The molecule has 0 saturated carbocycles. The molecule has 2 aromatic carbocycles. The summed E-state index contributed by atoms with van der Waals surface area (Å²) in [6, 6.07) is 15.0. The van der Waals surface area contributed by atoms with Crippen LogP contribution < -0.4 is 10.1 Å². The van der Waals surface area contributed by atoms with Gasteiger partial charge in [-0.1, -0.05) is 54.6 Å². The number of hydrogen-bond acceptors (Lipinski definition) is 5.